The van der Waals surface area contributed by atoms with Crippen molar-refractivity contribution >= 4 is 41.0 Å². The average molecular weight is 479 g/mol. The van der Waals surface area contributed by atoms with Crippen LogP contribution in [0, 0.1) is 16.0 Å². The number of carboxylic acid groups (broad SMARTS) is 1. The molecule has 0 spiro atoms. The highest BCUT2D eigenvalue weighted by Gasteiger charge is 2.35. The fraction of sp³-hybridized carbons (Fsp3) is 0.476. The van der Waals surface area contributed by atoms with Crippen molar-refractivity contribution in [2.75, 3.05) is 4.90 Å². The third kappa shape index (κ3) is 7.83. The lowest BCUT2D eigenvalue weighted by Crippen LogP contribution is -2.58. The van der Waals surface area contributed by atoms with Gasteiger partial charge in [0.05, 0.1) is 11.3 Å². The van der Waals surface area contributed by atoms with Gasteiger partial charge in [0.2, 0.25) is 23.6 Å². The van der Waals surface area contributed by atoms with E-state index in [1.54, 1.807) is 13.8 Å². The molecule has 0 aromatic heterocycles. The van der Waals surface area contributed by atoms with Gasteiger partial charge in [-0.25, -0.2) is 0 Å². The first-order valence-electron chi connectivity index (χ1n) is 10.4. The summed E-state index contributed by atoms with van der Waals surface area (Å²) in [5, 5.41) is 24.4. The predicted octanol–water partition coefficient (Wildman–Crippen LogP) is 0.312. The molecule has 3 atom stereocenters. The van der Waals surface area contributed by atoms with E-state index in [1.807, 2.05) is 0 Å². The van der Waals surface area contributed by atoms with Crippen LogP contribution in [-0.2, 0) is 24.0 Å². The number of hydrogen-bond donors (Lipinski definition) is 4. The molecule has 0 aliphatic heterocycles. The van der Waals surface area contributed by atoms with E-state index in [0.717, 1.165) is 4.90 Å². The fourth-order valence-corrected chi connectivity index (χ4v) is 3.12. The predicted molar refractivity (Wildman–Crippen MR) is 120 cm³/mol. The molecule has 0 fully saturated rings. The maximum Gasteiger partial charge on any atom is 0.303 e. The summed E-state index contributed by atoms with van der Waals surface area (Å²) in [5.74, 6) is -4.46. The Morgan fingerprint density at radius 1 is 1.00 bits per heavy atom. The number of carbonyl (C=O) groups is 5. The molecule has 34 heavy (non-hydrogen) atoms. The number of benzene rings is 1. The van der Waals surface area contributed by atoms with Crippen molar-refractivity contribution in [2.24, 2.45) is 11.7 Å². The summed E-state index contributed by atoms with van der Waals surface area (Å²) in [4.78, 5) is 71.7. The number of rotatable bonds is 12. The second-order valence-electron chi connectivity index (χ2n) is 7.99. The lowest BCUT2D eigenvalue weighted by atomic mass is 9.99. The van der Waals surface area contributed by atoms with Crippen LogP contribution in [0.3, 0.4) is 0 Å². The van der Waals surface area contributed by atoms with Gasteiger partial charge in [0, 0.05) is 24.2 Å². The monoisotopic (exact) mass is 479 g/mol. The van der Waals surface area contributed by atoms with Gasteiger partial charge in [-0.2, -0.15) is 0 Å². The second-order valence-corrected chi connectivity index (χ2v) is 7.99. The molecule has 0 saturated heterocycles. The molecule has 0 saturated carbocycles. The van der Waals surface area contributed by atoms with E-state index in [2.05, 4.69) is 10.6 Å². The highest BCUT2D eigenvalue weighted by atomic mass is 16.6. The Hall–Kier alpha value is -4.03. The summed E-state index contributed by atoms with van der Waals surface area (Å²) in [5.41, 5.74) is 5.48. The topological polar surface area (TPSA) is 202 Å². The van der Waals surface area contributed by atoms with Gasteiger partial charge in [0.25, 0.3) is 5.69 Å². The molecule has 1 aromatic carbocycles. The molecule has 1 aromatic rings. The van der Waals surface area contributed by atoms with Gasteiger partial charge >= 0.3 is 5.97 Å². The van der Waals surface area contributed by atoms with Crippen LogP contribution in [-0.4, -0.2) is 57.8 Å². The van der Waals surface area contributed by atoms with Crippen molar-refractivity contribution in [3.05, 3.63) is 34.4 Å². The third-order valence-electron chi connectivity index (χ3n) is 4.84. The van der Waals surface area contributed by atoms with Crippen LogP contribution >= 0.6 is 0 Å². The van der Waals surface area contributed by atoms with Crippen molar-refractivity contribution < 1.29 is 34.0 Å². The van der Waals surface area contributed by atoms with Crippen LogP contribution in [0.25, 0.3) is 0 Å². The van der Waals surface area contributed by atoms with Crippen molar-refractivity contribution in [1.29, 1.82) is 0 Å². The molecular weight excluding hydrogens is 450 g/mol. The maximum atomic E-state index is 13.3. The van der Waals surface area contributed by atoms with Crippen LogP contribution in [0.15, 0.2) is 24.3 Å². The summed E-state index contributed by atoms with van der Waals surface area (Å²) in [7, 11) is 0. The SMILES string of the molecule is CC(C)[C@@H](C(N)=O)N(C(=O)[C@H](C)NC(=O)[C@H](C)NC(=O)CCC(=O)O)c1ccc([N+](=O)[O-])cc1. The zero-order chi connectivity index (χ0) is 26.2. The molecule has 186 valence electrons. The smallest absolute Gasteiger partial charge is 0.303 e. The van der Waals surface area contributed by atoms with Crippen LogP contribution in [0.1, 0.15) is 40.5 Å². The molecule has 0 unspecified atom stereocenters. The Balaban J connectivity index is 3.09. The number of anilines is 1. The minimum atomic E-state index is -1.17. The third-order valence-corrected chi connectivity index (χ3v) is 4.84. The molecule has 0 aliphatic rings. The number of nitrogens with zero attached hydrogens (tertiary/aromatic N) is 2. The van der Waals surface area contributed by atoms with E-state index in [0.29, 0.717) is 0 Å². The second kappa shape index (κ2) is 12.3. The standard InChI is InChI=1S/C21H29N5O8/c1-11(2)18(19(22)30)25(14-5-7-15(8-6-14)26(33)34)21(32)13(4)24-20(31)12(3)23-16(27)9-10-17(28)29/h5-8,11-13,18H,9-10H2,1-4H3,(H2,22,30)(H,23,27)(H,24,31)(H,28,29)/t12-,13-,18-/m0/s1. The number of nitrogens with one attached hydrogen (secondary N) is 2. The zero-order valence-electron chi connectivity index (χ0n) is 19.3. The first-order valence-corrected chi connectivity index (χ1v) is 10.4. The Morgan fingerprint density at radius 3 is 2.00 bits per heavy atom. The summed E-state index contributed by atoms with van der Waals surface area (Å²) < 4.78 is 0. The van der Waals surface area contributed by atoms with Gasteiger partial charge in [-0.1, -0.05) is 13.8 Å². The summed E-state index contributed by atoms with van der Waals surface area (Å²) >= 11 is 0. The summed E-state index contributed by atoms with van der Waals surface area (Å²) in [6, 6.07) is 1.60. The van der Waals surface area contributed by atoms with Crippen molar-refractivity contribution in [1.82, 2.24) is 10.6 Å². The van der Waals surface area contributed by atoms with Crippen molar-refractivity contribution in [2.45, 2.75) is 58.7 Å². The molecular formula is C21H29N5O8. The Morgan fingerprint density at radius 2 is 1.56 bits per heavy atom. The maximum absolute atomic E-state index is 13.3. The lowest BCUT2D eigenvalue weighted by molar-refractivity contribution is -0.384. The van der Waals surface area contributed by atoms with Crippen molar-refractivity contribution in [3.63, 3.8) is 0 Å². The number of carbonyl (C=O) groups excluding carboxylic acids is 4. The molecule has 0 aliphatic carbocycles. The quantitative estimate of drug-likeness (QED) is 0.242. The average Bonchev–Trinajstić information content (AvgIpc) is 2.74. The molecule has 13 nitrogen and oxygen atoms in total. The number of aliphatic carboxylic acids is 1. The van der Waals surface area contributed by atoms with Gasteiger partial charge in [-0.15, -0.1) is 0 Å². The molecule has 13 heteroatoms. The molecule has 0 heterocycles. The minimum Gasteiger partial charge on any atom is -0.481 e. The van der Waals surface area contributed by atoms with Crippen LogP contribution in [0.5, 0.6) is 0 Å². The Labute approximate surface area is 195 Å². The molecule has 0 bridgehead atoms. The minimum absolute atomic E-state index is 0.171. The number of non-ortho nitro benzene ring substituents is 1. The van der Waals surface area contributed by atoms with E-state index >= 15 is 0 Å². The zero-order valence-corrected chi connectivity index (χ0v) is 19.3. The first-order chi connectivity index (χ1) is 15.8. The van der Waals surface area contributed by atoms with E-state index in [9.17, 15) is 34.1 Å². The normalized spacial score (nSPS) is 13.3. The van der Waals surface area contributed by atoms with Crippen LogP contribution < -0.4 is 21.3 Å². The number of primary amides is 1. The Bertz CT molecular complexity index is 947. The van der Waals surface area contributed by atoms with Gasteiger partial charge < -0.3 is 21.5 Å². The van der Waals surface area contributed by atoms with E-state index in [4.69, 9.17) is 10.8 Å². The highest BCUT2D eigenvalue weighted by molar-refractivity contribution is 6.04. The van der Waals surface area contributed by atoms with Gasteiger partial charge in [0.15, 0.2) is 0 Å². The van der Waals surface area contributed by atoms with Gasteiger partial charge in [-0.3, -0.25) is 39.0 Å². The van der Waals surface area contributed by atoms with Crippen LogP contribution in [0.4, 0.5) is 11.4 Å². The van der Waals surface area contributed by atoms with E-state index in [-0.39, 0.29) is 17.8 Å². The first kappa shape index (κ1) is 28.0. The molecule has 0 radical (unpaired) electrons. The number of carboxylic acids is 1. The van der Waals surface area contributed by atoms with E-state index in [1.165, 1.54) is 38.1 Å². The number of nitrogens with two attached hydrogens (primary N) is 1. The fourth-order valence-electron chi connectivity index (χ4n) is 3.12. The van der Waals surface area contributed by atoms with Crippen LogP contribution in [0.2, 0.25) is 0 Å². The molecule has 5 N–H and O–H groups in total. The number of nitro groups is 1. The number of hydrogen-bond acceptors (Lipinski definition) is 7. The number of nitro benzene ring substituents is 1. The highest BCUT2D eigenvalue weighted by Crippen LogP contribution is 2.25. The van der Waals surface area contributed by atoms with Gasteiger partial charge in [0.1, 0.15) is 18.1 Å². The summed E-state index contributed by atoms with van der Waals surface area (Å²) in [6.45, 7) is 6.06. The molecule has 1 rings (SSSR count). The van der Waals surface area contributed by atoms with Gasteiger partial charge in [-0.05, 0) is 31.9 Å². The lowest BCUT2D eigenvalue weighted by Gasteiger charge is -2.34. The summed E-state index contributed by atoms with van der Waals surface area (Å²) in [6.07, 6.45) is -0.715. The van der Waals surface area contributed by atoms with E-state index < -0.39 is 65.0 Å². The molecule has 4 amide bonds. The van der Waals surface area contributed by atoms with Crippen molar-refractivity contribution in [3.8, 4) is 0 Å². The number of amides is 4. The largest absolute Gasteiger partial charge is 0.481 e. The Kier molecular flexibility index (Phi) is 10.1.